The minimum absolute atomic E-state index is 0.0888. The van der Waals surface area contributed by atoms with Gasteiger partial charge in [0.05, 0.1) is 13.2 Å². The van der Waals surface area contributed by atoms with E-state index in [9.17, 15) is 4.79 Å². The molecule has 0 spiro atoms. The van der Waals surface area contributed by atoms with Crippen molar-refractivity contribution in [3.8, 4) is 28.6 Å². The number of likely N-dealkylation sites (N-methyl/N-ethyl adjacent to an activating group) is 1. The summed E-state index contributed by atoms with van der Waals surface area (Å²) in [6.45, 7) is 2.54. The van der Waals surface area contributed by atoms with Crippen LogP contribution in [-0.4, -0.2) is 70.9 Å². The van der Waals surface area contributed by atoms with Crippen molar-refractivity contribution in [3.63, 3.8) is 0 Å². The van der Waals surface area contributed by atoms with E-state index in [2.05, 4.69) is 15.0 Å². The van der Waals surface area contributed by atoms with Crippen molar-refractivity contribution in [3.05, 3.63) is 66.4 Å². The summed E-state index contributed by atoms with van der Waals surface area (Å²) in [5.41, 5.74) is 2.73. The first kappa shape index (κ1) is 24.2. The standard InChI is InChI=1S/C26H28N4O5/c1-17(16-33-3)34-21-13-19(24-28-23-5-4-10-27-25(23)29-24)14-22(15-21)35-20-8-6-18(7-9-20)26(32)30(2)11-12-31/h4-10,13-15,17,31H,11-12,16H2,1-3H3,(H,27,28,29)/t17-/m0/s1. The van der Waals surface area contributed by atoms with Crippen molar-refractivity contribution in [1.29, 1.82) is 0 Å². The lowest BCUT2D eigenvalue weighted by Crippen LogP contribution is -2.29. The number of H-pyrrole nitrogens is 1. The number of aromatic nitrogens is 3. The molecule has 0 saturated heterocycles. The summed E-state index contributed by atoms with van der Waals surface area (Å²) in [6, 6.07) is 16.1. The summed E-state index contributed by atoms with van der Waals surface area (Å²) in [5, 5.41) is 9.05. The number of hydrogen-bond donors (Lipinski definition) is 2. The van der Waals surface area contributed by atoms with E-state index in [-0.39, 0.29) is 25.2 Å². The lowest BCUT2D eigenvalue weighted by Gasteiger charge is -2.17. The molecule has 0 unspecified atom stereocenters. The zero-order valence-corrected chi connectivity index (χ0v) is 19.9. The fourth-order valence-corrected chi connectivity index (χ4v) is 3.59. The lowest BCUT2D eigenvalue weighted by atomic mass is 10.1. The van der Waals surface area contributed by atoms with Gasteiger partial charge in [0.25, 0.3) is 5.91 Å². The molecule has 0 fully saturated rings. The normalized spacial score (nSPS) is 11.9. The van der Waals surface area contributed by atoms with Gasteiger partial charge in [-0.15, -0.1) is 0 Å². The number of fused-ring (bicyclic) bond motifs is 1. The number of hydrogen-bond acceptors (Lipinski definition) is 7. The number of pyridine rings is 1. The van der Waals surface area contributed by atoms with Crippen LogP contribution in [0.4, 0.5) is 0 Å². The number of carbonyl (C=O) groups excluding carboxylic acids is 1. The van der Waals surface area contributed by atoms with E-state index >= 15 is 0 Å². The highest BCUT2D eigenvalue weighted by atomic mass is 16.5. The predicted molar refractivity (Wildman–Crippen MR) is 132 cm³/mol. The molecule has 2 aromatic heterocycles. The Labute approximate surface area is 203 Å². The fraction of sp³-hybridized carbons (Fsp3) is 0.269. The number of benzene rings is 2. The first-order valence-corrected chi connectivity index (χ1v) is 11.2. The number of amides is 1. The molecule has 0 bridgehead atoms. The van der Waals surface area contributed by atoms with Crippen molar-refractivity contribution in [2.75, 3.05) is 33.9 Å². The molecule has 4 aromatic rings. The highest BCUT2D eigenvalue weighted by Gasteiger charge is 2.14. The summed E-state index contributed by atoms with van der Waals surface area (Å²) >= 11 is 0. The van der Waals surface area contributed by atoms with E-state index in [0.717, 1.165) is 11.1 Å². The highest BCUT2D eigenvalue weighted by Crippen LogP contribution is 2.32. The fourth-order valence-electron chi connectivity index (χ4n) is 3.59. The second-order valence-electron chi connectivity index (χ2n) is 8.11. The van der Waals surface area contributed by atoms with E-state index in [1.165, 1.54) is 4.90 Å². The summed E-state index contributed by atoms with van der Waals surface area (Å²) in [5.74, 6) is 2.18. The number of nitrogens with zero attached hydrogens (tertiary/aromatic N) is 3. The molecule has 2 aromatic carbocycles. The Morgan fingerprint density at radius 3 is 2.60 bits per heavy atom. The largest absolute Gasteiger partial charge is 0.488 e. The predicted octanol–water partition coefficient (Wildman–Crippen LogP) is 3.90. The third-order valence-electron chi connectivity index (χ3n) is 5.27. The lowest BCUT2D eigenvalue weighted by molar-refractivity contribution is 0.0767. The Kier molecular flexibility index (Phi) is 7.59. The Balaban J connectivity index is 1.62. The van der Waals surface area contributed by atoms with Crippen molar-refractivity contribution in [2.45, 2.75) is 13.0 Å². The summed E-state index contributed by atoms with van der Waals surface area (Å²) in [7, 11) is 3.27. The average molecular weight is 477 g/mol. The van der Waals surface area contributed by atoms with Crippen molar-refractivity contribution in [1.82, 2.24) is 19.9 Å². The molecule has 9 nitrogen and oxygen atoms in total. The Morgan fingerprint density at radius 2 is 1.89 bits per heavy atom. The Hall–Kier alpha value is -3.95. The van der Waals surface area contributed by atoms with Crippen molar-refractivity contribution in [2.24, 2.45) is 0 Å². The molecule has 182 valence electrons. The van der Waals surface area contributed by atoms with E-state index in [1.54, 1.807) is 50.7 Å². The number of imidazole rings is 1. The quantitative estimate of drug-likeness (QED) is 0.357. The molecule has 9 heteroatoms. The molecular weight excluding hydrogens is 448 g/mol. The van der Waals surface area contributed by atoms with Gasteiger partial charge in [0.15, 0.2) is 5.65 Å². The molecule has 35 heavy (non-hydrogen) atoms. The second kappa shape index (κ2) is 11.0. The van der Waals surface area contributed by atoms with Crippen LogP contribution < -0.4 is 9.47 Å². The number of nitrogens with one attached hydrogen (secondary N) is 1. The van der Waals surface area contributed by atoms with Gasteiger partial charge in [0, 0.05) is 44.1 Å². The van der Waals surface area contributed by atoms with Crippen LogP contribution >= 0.6 is 0 Å². The van der Waals surface area contributed by atoms with Crippen LogP contribution in [-0.2, 0) is 4.74 Å². The zero-order valence-electron chi connectivity index (χ0n) is 19.9. The Morgan fingerprint density at radius 1 is 1.11 bits per heavy atom. The van der Waals surface area contributed by atoms with Gasteiger partial charge >= 0.3 is 0 Å². The maximum atomic E-state index is 12.4. The van der Waals surface area contributed by atoms with Crippen LogP contribution in [0.5, 0.6) is 17.2 Å². The number of aliphatic hydroxyl groups excluding tert-OH is 1. The van der Waals surface area contributed by atoms with E-state index in [0.29, 0.717) is 40.9 Å². The zero-order chi connectivity index (χ0) is 24.8. The third-order valence-corrected chi connectivity index (χ3v) is 5.27. The first-order chi connectivity index (χ1) is 17.0. The number of ether oxygens (including phenoxy) is 3. The first-order valence-electron chi connectivity index (χ1n) is 11.2. The van der Waals surface area contributed by atoms with Crippen LogP contribution in [0.2, 0.25) is 0 Å². The highest BCUT2D eigenvalue weighted by molar-refractivity contribution is 5.94. The van der Waals surface area contributed by atoms with Gasteiger partial charge in [0.2, 0.25) is 0 Å². The SMILES string of the molecule is COC[C@H](C)Oc1cc(Oc2ccc(C(=O)N(C)CCO)cc2)cc(-c2nc3cccnc3[nH]2)c1. The summed E-state index contributed by atoms with van der Waals surface area (Å²) < 4.78 is 17.3. The van der Waals surface area contributed by atoms with E-state index in [4.69, 9.17) is 19.3 Å². The molecule has 1 atom stereocenters. The van der Waals surface area contributed by atoms with Crippen LogP contribution in [0.25, 0.3) is 22.6 Å². The van der Waals surface area contributed by atoms with Gasteiger partial charge in [-0.2, -0.15) is 0 Å². The van der Waals surface area contributed by atoms with Crippen LogP contribution in [0, 0.1) is 0 Å². The van der Waals surface area contributed by atoms with Gasteiger partial charge in [0.1, 0.15) is 34.7 Å². The molecule has 0 aliphatic rings. The van der Waals surface area contributed by atoms with Crippen molar-refractivity contribution < 1.29 is 24.1 Å². The van der Waals surface area contributed by atoms with Crippen molar-refractivity contribution >= 4 is 17.1 Å². The minimum Gasteiger partial charge on any atom is -0.488 e. The number of carbonyl (C=O) groups is 1. The average Bonchev–Trinajstić information content (AvgIpc) is 3.29. The maximum Gasteiger partial charge on any atom is 0.253 e. The van der Waals surface area contributed by atoms with Gasteiger partial charge in [-0.25, -0.2) is 9.97 Å². The van der Waals surface area contributed by atoms with Crippen LogP contribution in [0.1, 0.15) is 17.3 Å². The van der Waals surface area contributed by atoms with Crippen LogP contribution in [0.3, 0.4) is 0 Å². The van der Waals surface area contributed by atoms with Gasteiger partial charge in [-0.3, -0.25) is 4.79 Å². The molecule has 1 amide bonds. The molecule has 4 rings (SSSR count). The molecule has 2 N–H and O–H groups in total. The molecule has 0 saturated carbocycles. The molecule has 2 heterocycles. The summed E-state index contributed by atoms with van der Waals surface area (Å²) in [4.78, 5) is 26.1. The Bertz CT molecular complexity index is 1260. The number of methoxy groups -OCH3 is 1. The number of aliphatic hydroxyl groups is 1. The third kappa shape index (κ3) is 5.95. The molecular formula is C26H28N4O5. The number of rotatable bonds is 10. The van der Waals surface area contributed by atoms with Crippen LogP contribution in [0.15, 0.2) is 60.8 Å². The van der Waals surface area contributed by atoms with Gasteiger partial charge < -0.3 is 29.2 Å². The van der Waals surface area contributed by atoms with E-state index < -0.39 is 0 Å². The summed E-state index contributed by atoms with van der Waals surface area (Å²) in [6.07, 6.45) is 1.54. The van der Waals surface area contributed by atoms with Gasteiger partial charge in [-0.1, -0.05) is 0 Å². The minimum atomic E-state index is -0.172. The molecule has 0 aliphatic carbocycles. The monoisotopic (exact) mass is 476 g/mol. The topological polar surface area (TPSA) is 110 Å². The van der Waals surface area contributed by atoms with E-state index in [1.807, 2.05) is 31.2 Å². The maximum absolute atomic E-state index is 12.4. The second-order valence-corrected chi connectivity index (χ2v) is 8.11. The number of aromatic amines is 1. The molecule has 0 aliphatic heterocycles. The molecule has 0 radical (unpaired) electrons. The smallest absolute Gasteiger partial charge is 0.253 e. The van der Waals surface area contributed by atoms with Gasteiger partial charge in [-0.05, 0) is 55.5 Å².